The van der Waals surface area contributed by atoms with Gasteiger partial charge in [0.25, 0.3) is 5.91 Å². The van der Waals surface area contributed by atoms with Crippen LogP contribution in [0.5, 0.6) is 17.2 Å². The van der Waals surface area contributed by atoms with Crippen LogP contribution in [0.1, 0.15) is 22.8 Å². The van der Waals surface area contributed by atoms with E-state index in [0.29, 0.717) is 34.5 Å². The predicted octanol–water partition coefficient (Wildman–Crippen LogP) is 1.82. The number of carbonyl (C=O) groups is 1. The fourth-order valence-corrected chi connectivity index (χ4v) is 4.91. The lowest BCUT2D eigenvalue weighted by atomic mass is 10.1. The molecule has 3 heterocycles. The molecule has 33 heavy (non-hydrogen) atoms. The molecule has 0 aliphatic carbocycles. The Labute approximate surface area is 189 Å². The third kappa shape index (κ3) is 4.10. The molecule has 172 valence electrons. The summed E-state index contributed by atoms with van der Waals surface area (Å²) in [6.45, 7) is 3.38. The van der Waals surface area contributed by atoms with Crippen LogP contribution in [0.4, 0.5) is 5.69 Å². The minimum absolute atomic E-state index is 0.0618. The number of hydrogen-bond acceptors (Lipinski definition) is 9. The standard InChI is InChI=1S/C21H20N4O7S/c1-12-5-15-17(29-10-21(26)25(15)9-20-23-13(2)32-24-20)7-19(12)33(27,28)22-8-14-3-4-16-18(6-14)31-11-30-16/h3-7,22H,8-11H2,1-2H3. The van der Waals surface area contributed by atoms with Crippen LogP contribution in [-0.4, -0.2) is 37.9 Å². The average molecular weight is 472 g/mol. The summed E-state index contributed by atoms with van der Waals surface area (Å²) in [7, 11) is -3.87. The fourth-order valence-electron chi connectivity index (χ4n) is 3.65. The second kappa shape index (κ2) is 8.05. The van der Waals surface area contributed by atoms with E-state index in [-0.39, 0.29) is 43.0 Å². The van der Waals surface area contributed by atoms with Crippen molar-refractivity contribution < 1.29 is 31.9 Å². The minimum Gasteiger partial charge on any atom is -0.482 e. The third-order valence-corrected chi connectivity index (χ3v) is 6.80. The van der Waals surface area contributed by atoms with Crippen molar-refractivity contribution >= 4 is 21.6 Å². The first-order valence-electron chi connectivity index (χ1n) is 10.1. The highest BCUT2D eigenvalue weighted by atomic mass is 32.2. The number of nitrogens with zero attached hydrogens (tertiary/aromatic N) is 3. The van der Waals surface area contributed by atoms with Crippen LogP contribution < -0.4 is 23.8 Å². The maximum atomic E-state index is 13.0. The zero-order chi connectivity index (χ0) is 23.2. The summed E-state index contributed by atoms with van der Waals surface area (Å²) >= 11 is 0. The van der Waals surface area contributed by atoms with E-state index < -0.39 is 10.0 Å². The van der Waals surface area contributed by atoms with E-state index in [2.05, 4.69) is 14.9 Å². The molecule has 12 heteroatoms. The van der Waals surface area contributed by atoms with Crippen LogP contribution in [-0.2, 0) is 27.9 Å². The van der Waals surface area contributed by atoms with Gasteiger partial charge in [-0.15, -0.1) is 0 Å². The lowest BCUT2D eigenvalue weighted by molar-refractivity contribution is -0.121. The smallest absolute Gasteiger partial charge is 0.265 e. The molecule has 2 aromatic carbocycles. The number of benzene rings is 2. The SMILES string of the molecule is Cc1nc(CN2C(=O)COc3cc(S(=O)(=O)NCc4ccc5c(c4)OCO5)c(C)cc32)no1. The Morgan fingerprint density at radius 2 is 1.88 bits per heavy atom. The number of rotatable bonds is 6. The molecule has 0 bridgehead atoms. The third-order valence-electron chi connectivity index (χ3n) is 5.26. The van der Waals surface area contributed by atoms with E-state index in [1.807, 2.05) is 0 Å². The van der Waals surface area contributed by atoms with E-state index in [1.54, 1.807) is 38.1 Å². The Morgan fingerprint density at radius 1 is 1.06 bits per heavy atom. The van der Waals surface area contributed by atoms with E-state index in [9.17, 15) is 13.2 Å². The lowest BCUT2D eigenvalue weighted by Crippen LogP contribution is -2.38. The van der Waals surface area contributed by atoms with Gasteiger partial charge in [0.1, 0.15) is 5.75 Å². The zero-order valence-electron chi connectivity index (χ0n) is 17.8. The van der Waals surface area contributed by atoms with Crippen molar-refractivity contribution in [1.29, 1.82) is 0 Å². The number of fused-ring (bicyclic) bond motifs is 2. The highest BCUT2D eigenvalue weighted by Gasteiger charge is 2.30. The molecule has 2 aliphatic heterocycles. The molecular formula is C21H20N4O7S. The monoisotopic (exact) mass is 472 g/mol. The van der Waals surface area contributed by atoms with Crippen LogP contribution >= 0.6 is 0 Å². The van der Waals surface area contributed by atoms with Crippen LogP contribution in [0.3, 0.4) is 0 Å². The molecule has 0 radical (unpaired) electrons. The summed E-state index contributed by atoms with van der Waals surface area (Å²) in [5.74, 6) is 1.92. The molecular weight excluding hydrogens is 452 g/mol. The molecule has 5 rings (SSSR count). The second-order valence-electron chi connectivity index (χ2n) is 7.60. The quantitative estimate of drug-likeness (QED) is 0.570. The van der Waals surface area contributed by atoms with Crippen molar-refractivity contribution in [3.8, 4) is 17.2 Å². The Morgan fingerprint density at radius 3 is 2.67 bits per heavy atom. The van der Waals surface area contributed by atoms with Crippen molar-refractivity contribution in [1.82, 2.24) is 14.9 Å². The number of ether oxygens (including phenoxy) is 3. The number of anilines is 1. The Hall–Kier alpha value is -3.64. The molecule has 0 spiro atoms. The second-order valence-corrected chi connectivity index (χ2v) is 9.33. The normalized spacial score (nSPS) is 14.8. The van der Waals surface area contributed by atoms with Crippen LogP contribution in [0.25, 0.3) is 0 Å². The Bertz CT molecular complexity index is 1350. The first-order chi connectivity index (χ1) is 15.8. The number of amides is 1. The van der Waals surface area contributed by atoms with Crippen molar-refractivity contribution in [2.45, 2.75) is 31.8 Å². The summed E-state index contributed by atoms with van der Waals surface area (Å²) in [6.07, 6.45) is 0. The van der Waals surface area contributed by atoms with E-state index >= 15 is 0 Å². The zero-order valence-corrected chi connectivity index (χ0v) is 18.6. The largest absolute Gasteiger partial charge is 0.482 e. The van der Waals surface area contributed by atoms with Gasteiger partial charge in [-0.1, -0.05) is 11.2 Å². The van der Waals surface area contributed by atoms with Gasteiger partial charge in [-0.25, -0.2) is 13.1 Å². The first kappa shape index (κ1) is 21.2. The van der Waals surface area contributed by atoms with Gasteiger partial charge in [0.2, 0.25) is 22.7 Å². The van der Waals surface area contributed by atoms with Gasteiger partial charge in [-0.3, -0.25) is 9.69 Å². The number of aromatic nitrogens is 2. The van der Waals surface area contributed by atoms with Crippen molar-refractivity contribution in [3.63, 3.8) is 0 Å². The van der Waals surface area contributed by atoms with Crippen molar-refractivity contribution in [2.24, 2.45) is 0 Å². The van der Waals surface area contributed by atoms with Gasteiger partial charge in [0, 0.05) is 19.5 Å². The van der Waals surface area contributed by atoms with Crippen LogP contribution in [0.2, 0.25) is 0 Å². The number of nitrogens with one attached hydrogen (secondary N) is 1. The summed E-state index contributed by atoms with van der Waals surface area (Å²) in [6, 6.07) is 8.27. The molecule has 0 saturated heterocycles. The van der Waals surface area contributed by atoms with Gasteiger partial charge in [0.05, 0.1) is 17.1 Å². The van der Waals surface area contributed by atoms with Crippen molar-refractivity contribution in [2.75, 3.05) is 18.3 Å². The Balaban J connectivity index is 1.39. The van der Waals surface area contributed by atoms with Gasteiger partial charge in [-0.2, -0.15) is 4.98 Å². The van der Waals surface area contributed by atoms with Gasteiger partial charge in [0.15, 0.2) is 23.9 Å². The van der Waals surface area contributed by atoms with E-state index in [0.717, 1.165) is 5.56 Å². The summed E-state index contributed by atoms with van der Waals surface area (Å²) in [5.41, 5.74) is 1.63. The average Bonchev–Trinajstić information content (AvgIpc) is 3.42. The topological polar surface area (TPSA) is 133 Å². The molecule has 1 amide bonds. The molecule has 11 nitrogen and oxygen atoms in total. The van der Waals surface area contributed by atoms with Gasteiger partial charge in [-0.05, 0) is 36.2 Å². The summed E-state index contributed by atoms with van der Waals surface area (Å²) in [5, 5.41) is 3.83. The van der Waals surface area contributed by atoms with E-state index in [4.69, 9.17) is 18.7 Å². The summed E-state index contributed by atoms with van der Waals surface area (Å²) in [4.78, 5) is 18.1. The van der Waals surface area contributed by atoms with Crippen molar-refractivity contribution in [3.05, 3.63) is 53.2 Å². The number of carbonyl (C=O) groups excluding carboxylic acids is 1. The molecule has 0 saturated carbocycles. The number of sulfonamides is 1. The minimum atomic E-state index is -3.87. The molecule has 2 aliphatic rings. The maximum Gasteiger partial charge on any atom is 0.265 e. The molecule has 0 atom stereocenters. The molecule has 1 aromatic heterocycles. The Kier molecular flexibility index (Phi) is 5.17. The highest BCUT2D eigenvalue weighted by Crippen LogP contribution is 2.37. The lowest BCUT2D eigenvalue weighted by Gasteiger charge is -2.29. The molecule has 0 fully saturated rings. The molecule has 3 aromatic rings. The molecule has 0 unspecified atom stereocenters. The van der Waals surface area contributed by atoms with Crippen LogP contribution in [0, 0.1) is 13.8 Å². The first-order valence-corrected chi connectivity index (χ1v) is 11.5. The predicted molar refractivity (Wildman–Crippen MR) is 113 cm³/mol. The van der Waals surface area contributed by atoms with Gasteiger partial charge >= 0.3 is 0 Å². The molecule has 1 N–H and O–H groups in total. The highest BCUT2D eigenvalue weighted by molar-refractivity contribution is 7.89. The van der Waals surface area contributed by atoms with Gasteiger partial charge < -0.3 is 18.7 Å². The van der Waals surface area contributed by atoms with Crippen LogP contribution in [0.15, 0.2) is 39.8 Å². The number of hydrogen-bond donors (Lipinski definition) is 1. The fraction of sp³-hybridized carbons (Fsp3) is 0.286. The van der Waals surface area contributed by atoms with E-state index in [1.165, 1.54) is 11.0 Å². The maximum absolute atomic E-state index is 13.0. The summed E-state index contributed by atoms with van der Waals surface area (Å²) < 4.78 is 49.8. The number of aryl methyl sites for hydroxylation is 2.